The molecule has 1 aliphatic rings. The molecule has 0 unspecified atom stereocenters. The smallest absolute Gasteiger partial charge is 0.251 e. The van der Waals surface area contributed by atoms with Crippen molar-refractivity contribution in [2.45, 2.75) is 39.3 Å². The van der Waals surface area contributed by atoms with Crippen LogP contribution in [0.15, 0.2) is 36.4 Å². The van der Waals surface area contributed by atoms with E-state index in [1.807, 2.05) is 6.92 Å². The lowest BCUT2D eigenvalue weighted by molar-refractivity contribution is 0.0826. The van der Waals surface area contributed by atoms with E-state index in [-0.39, 0.29) is 11.4 Å². The van der Waals surface area contributed by atoms with Crippen molar-refractivity contribution in [1.29, 1.82) is 0 Å². The number of halogens is 1. The molecule has 0 spiro atoms. The largest absolute Gasteiger partial charge is 0.493 e. The third-order valence-corrected chi connectivity index (χ3v) is 5.73. The Kier molecular flexibility index (Phi) is 6.70. The quantitative estimate of drug-likeness (QED) is 0.730. The molecule has 0 radical (unpaired) electrons. The van der Waals surface area contributed by atoms with Gasteiger partial charge in [-0.05, 0) is 50.5 Å². The van der Waals surface area contributed by atoms with Gasteiger partial charge in [-0.25, -0.2) is 0 Å². The molecule has 5 nitrogen and oxygen atoms in total. The third-order valence-electron chi connectivity index (χ3n) is 5.45. The second-order valence-electron chi connectivity index (χ2n) is 7.86. The van der Waals surface area contributed by atoms with Crippen molar-refractivity contribution in [3.8, 4) is 11.5 Å². The topological polar surface area (TPSA) is 50.8 Å². The summed E-state index contributed by atoms with van der Waals surface area (Å²) in [6.45, 7) is 9.05. The number of ether oxygens (including phenoxy) is 2. The second kappa shape index (κ2) is 9.06. The van der Waals surface area contributed by atoms with Gasteiger partial charge in [-0.3, -0.25) is 9.69 Å². The standard InChI is InChI=1S/C23H29ClN2O3/c1-5-29-21-19(24)12-18(13-20(21)28-4)22(27)25-15-23(2,3)26-11-10-16-8-6-7-9-17(16)14-26/h6-9,12-13H,5,10-11,14-15H2,1-4H3,(H,25,27). The van der Waals surface area contributed by atoms with Crippen molar-refractivity contribution in [3.63, 3.8) is 0 Å². The van der Waals surface area contributed by atoms with Crippen molar-refractivity contribution in [3.05, 3.63) is 58.1 Å². The van der Waals surface area contributed by atoms with Gasteiger partial charge < -0.3 is 14.8 Å². The minimum atomic E-state index is -0.182. The van der Waals surface area contributed by atoms with Gasteiger partial charge in [-0.15, -0.1) is 0 Å². The number of benzene rings is 2. The highest BCUT2D eigenvalue weighted by Crippen LogP contribution is 2.36. The van der Waals surface area contributed by atoms with Crippen molar-refractivity contribution in [2.24, 2.45) is 0 Å². The Balaban J connectivity index is 1.68. The van der Waals surface area contributed by atoms with Gasteiger partial charge >= 0.3 is 0 Å². The maximum Gasteiger partial charge on any atom is 0.251 e. The number of nitrogens with zero attached hydrogens (tertiary/aromatic N) is 1. The highest BCUT2D eigenvalue weighted by atomic mass is 35.5. The molecule has 0 atom stereocenters. The van der Waals surface area contributed by atoms with E-state index in [2.05, 4.69) is 48.3 Å². The summed E-state index contributed by atoms with van der Waals surface area (Å²) < 4.78 is 10.9. The number of methoxy groups -OCH3 is 1. The van der Waals surface area contributed by atoms with Crippen LogP contribution < -0.4 is 14.8 Å². The van der Waals surface area contributed by atoms with E-state index in [0.29, 0.717) is 35.2 Å². The lowest BCUT2D eigenvalue weighted by atomic mass is 9.94. The number of rotatable bonds is 7. The molecule has 2 aromatic carbocycles. The van der Waals surface area contributed by atoms with Crippen LogP contribution in [-0.4, -0.2) is 43.2 Å². The first-order valence-corrected chi connectivity index (χ1v) is 10.3. The van der Waals surface area contributed by atoms with Crippen LogP contribution in [0, 0.1) is 0 Å². The Labute approximate surface area is 177 Å². The van der Waals surface area contributed by atoms with Crippen LogP contribution in [0.1, 0.15) is 42.3 Å². The van der Waals surface area contributed by atoms with Crippen LogP contribution in [0.3, 0.4) is 0 Å². The van der Waals surface area contributed by atoms with Crippen LogP contribution in [-0.2, 0) is 13.0 Å². The van der Waals surface area contributed by atoms with Crippen LogP contribution in [0.25, 0.3) is 0 Å². The first-order valence-electron chi connectivity index (χ1n) is 9.96. The molecule has 0 saturated heterocycles. The number of amides is 1. The van der Waals surface area contributed by atoms with Crippen molar-refractivity contribution in [2.75, 3.05) is 26.8 Å². The average Bonchev–Trinajstić information content (AvgIpc) is 2.73. The van der Waals surface area contributed by atoms with Crippen LogP contribution in [0.2, 0.25) is 5.02 Å². The van der Waals surface area contributed by atoms with Gasteiger partial charge in [-0.2, -0.15) is 0 Å². The SMILES string of the molecule is CCOc1c(Cl)cc(C(=O)NCC(C)(C)N2CCc3ccccc3C2)cc1OC. The molecule has 6 heteroatoms. The molecule has 2 aromatic rings. The van der Waals surface area contributed by atoms with Crippen LogP contribution in [0.4, 0.5) is 0 Å². The minimum absolute atomic E-state index is 0.178. The first kappa shape index (κ1) is 21.5. The maximum atomic E-state index is 12.8. The molecular formula is C23H29ClN2O3. The van der Waals surface area contributed by atoms with E-state index < -0.39 is 0 Å². The Bertz CT molecular complexity index is 882. The number of hydrogen-bond acceptors (Lipinski definition) is 4. The summed E-state index contributed by atoms with van der Waals surface area (Å²) in [6.07, 6.45) is 1.03. The van der Waals surface area contributed by atoms with E-state index >= 15 is 0 Å². The summed E-state index contributed by atoms with van der Waals surface area (Å²) in [5, 5.41) is 3.42. The van der Waals surface area contributed by atoms with Gasteiger partial charge in [-0.1, -0.05) is 35.9 Å². The van der Waals surface area contributed by atoms with E-state index in [9.17, 15) is 4.79 Å². The summed E-state index contributed by atoms with van der Waals surface area (Å²) in [4.78, 5) is 15.2. The Morgan fingerprint density at radius 3 is 2.66 bits per heavy atom. The molecule has 1 aliphatic heterocycles. The van der Waals surface area contributed by atoms with Crippen molar-refractivity contribution < 1.29 is 14.3 Å². The molecule has 1 amide bonds. The second-order valence-corrected chi connectivity index (χ2v) is 8.27. The molecule has 1 N–H and O–H groups in total. The maximum absolute atomic E-state index is 12.8. The first-order chi connectivity index (χ1) is 13.9. The van der Waals surface area contributed by atoms with Gasteiger partial charge in [0.05, 0.1) is 18.7 Å². The molecule has 3 rings (SSSR count). The summed E-state index contributed by atoms with van der Waals surface area (Å²) in [6, 6.07) is 11.8. The predicted octanol–water partition coefficient (Wildman–Crippen LogP) is 4.31. The molecule has 29 heavy (non-hydrogen) atoms. The van der Waals surface area contributed by atoms with Gasteiger partial charge in [0.25, 0.3) is 5.91 Å². The highest BCUT2D eigenvalue weighted by Gasteiger charge is 2.30. The van der Waals surface area contributed by atoms with Gasteiger partial charge in [0.15, 0.2) is 11.5 Å². The lowest BCUT2D eigenvalue weighted by Crippen LogP contribution is -2.53. The summed E-state index contributed by atoms with van der Waals surface area (Å²) in [5.74, 6) is 0.732. The van der Waals surface area contributed by atoms with Gasteiger partial charge in [0.1, 0.15) is 0 Å². The molecule has 0 bridgehead atoms. The number of carbonyl (C=O) groups is 1. The van der Waals surface area contributed by atoms with E-state index in [0.717, 1.165) is 19.5 Å². The summed E-state index contributed by atoms with van der Waals surface area (Å²) in [7, 11) is 1.53. The zero-order valence-electron chi connectivity index (χ0n) is 17.5. The number of hydrogen-bond donors (Lipinski definition) is 1. The fourth-order valence-electron chi connectivity index (χ4n) is 3.66. The average molecular weight is 417 g/mol. The van der Waals surface area contributed by atoms with Gasteiger partial charge in [0.2, 0.25) is 0 Å². The lowest BCUT2D eigenvalue weighted by Gasteiger charge is -2.41. The van der Waals surface area contributed by atoms with Crippen LogP contribution >= 0.6 is 11.6 Å². The molecular weight excluding hydrogens is 388 g/mol. The zero-order chi connectivity index (χ0) is 21.0. The van der Waals surface area contributed by atoms with Crippen LogP contribution in [0.5, 0.6) is 11.5 Å². The monoisotopic (exact) mass is 416 g/mol. The molecule has 0 fully saturated rings. The zero-order valence-corrected chi connectivity index (χ0v) is 18.3. The predicted molar refractivity (Wildman–Crippen MR) is 116 cm³/mol. The molecule has 156 valence electrons. The molecule has 0 aromatic heterocycles. The highest BCUT2D eigenvalue weighted by molar-refractivity contribution is 6.32. The van der Waals surface area contributed by atoms with Crippen molar-refractivity contribution in [1.82, 2.24) is 10.2 Å². The number of fused-ring (bicyclic) bond motifs is 1. The Morgan fingerprint density at radius 1 is 1.24 bits per heavy atom. The minimum Gasteiger partial charge on any atom is -0.493 e. The summed E-state index contributed by atoms with van der Waals surface area (Å²) >= 11 is 6.30. The Morgan fingerprint density at radius 2 is 1.97 bits per heavy atom. The Hall–Kier alpha value is -2.24. The molecule has 0 aliphatic carbocycles. The fraction of sp³-hybridized carbons (Fsp3) is 0.435. The van der Waals surface area contributed by atoms with Gasteiger partial charge in [0, 0.05) is 30.7 Å². The van der Waals surface area contributed by atoms with Crippen molar-refractivity contribution >= 4 is 17.5 Å². The number of carbonyl (C=O) groups excluding carboxylic acids is 1. The molecule has 1 heterocycles. The van der Waals surface area contributed by atoms with E-state index in [1.54, 1.807) is 12.1 Å². The molecule has 0 saturated carbocycles. The fourth-order valence-corrected chi connectivity index (χ4v) is 3.92. The number of nitrogens with one attached hydrogen (secondary N) is 1. The normalized spacial score (nSPS) is 14.2. The van der Waals surface area contributed by atoms with E-state index in [1.165, 1.54) is 18.2 Å². The third kappa shape index (κ3) is 4.85. The summed E-state index contributed by atoms with van der Waals surface area (Å²) in [5.41, 5.74) is 3.05. The van der Waals surface area contributed by atoms with E-state index in [4.69, 9.17) is 21.1 Å².